The molecule has 0 spiro atoms. The van der Waals surface area contributed by atoms with Crippen LogP contribution < -0.4 is 10.1 Å². The van der Waals surface area contributed by atoms with Crippen LogP contribution in [0.1, 0.15) is 42.6 Å². The van der Waals surface area contributed by atoms with Crippen LogP contribution >= 0.6 is 0 Å². The fraction of sp³-hybridized carbons (Fsp3) is 0.333. The Morgan fingerprint density at radius 2 is 2.07 bits per heavy atom. The molecule has 4 heterocycles. The predicted octanol–water partition coefficient (Wildman–Crippen LogP) is 3.95. The Morgan fingerprint density at radius 3 is 2.89 bits per heavy atom. The molecule has 6 heteroatoms. The fourth-order valence-electron chi connectivity index (χ4n) is 3.26. The maximum Gasteiger partial charge on any atom is 0.144 e. The Morgan fingerprint density at radius 1 is 1.19 bits per heavy atom. The second kappa shape index (κ2) is 7.31. The first-order valence-electron chi connectivity index (χ1n) is 9.22. The van der Waals surface area contributed by atoms with Gasteiger partial charge in [0.15, 0.2) is 0 Å². The van der Waals surface area contributed by atoms with Gasteiger partial charge in [0.2, 0.25) is 0 Å². The molecule has 0 bridgehead atoms. The van der Waals surface area contributed by atoms with E-state index in [2.05, 4.69) is 39.1 Å². The maximum atomic E-state index is 5.88. The van der Waals surface area contributed by atoms with Crippen molar-refractivity contribution in [2.45, 2.75) is 32.6 Å². The maximum absolute atomic E-state index is 5.88. The van der Waals surface area contributed by atoms with Crippen molar-refractivity contribution in [1.82, 2.24) is 19.9 Å². The summed E-state index contributed by atoms with van der Waals surface area (Å²) in [6.45, 7) is 7.75. The molecule has 0 saturated heterocycles. The number of rotatable bonds is 5. The average Bonchev–Trinajstić information content (AvgIpc) is 3.08. The largest absolute Gasteiger partial charge is 0.491 e. The molecule has 0 fully saturated rings. The van der Waals surface area contributed by atoms with Crippen LogP contribution in [0, 0.1) is 6.92 Å². The number of nitrogens with one attached hydrogen (secondary N) is 1. The van der Waals surface area contributed by atoms with Gasteiger partial charge >= 0.3 is 0 Å². The van der Waals surface area contributed by atoms with Gasteiger partial charge in [-0.3, -0.25) is 9.97 Å². The highest BCUT2D eigenvalue weighted by atomic mass is 16.5. The zero-order chi connectivity index (χ0) is 18.8. The zero-order valence-electron chi connectivity index (χ0n) is 15.8. The quantitative estimate of drug-likeness (QED) is 0.742. The molecule has 0 aromatic carbocycles. The van der Waals surface area contributed by atoms with Gasteiger partial charge in [0.25, 0.3) is 0 Å². The van der Waals surface area contributed by atoms with Crippen LogP contribution in [0.25, 0.3) is 11.3 Å². The predicted molar refractivity (Wildman–Crippen MR) is 105 cm³/mol. The van der Waals surface area contributed by atoms with E-state index in [0.29, 0.717) is 12.5 Å². The Balaban J connectivity index is 1.48. The number of pyridine rings is 2. The summed E-state index contributed by atoms with van der Waals surface area (Å²) in [6.07, 6.45) is 5.29. The third kappa shape index (κ3) is 3.60. The molecule has 6 nitrogen and oxygen atoms in total. The standard InChI is InChI=1S/C21H23N5O/c1-13(17-6-7-22-20-14(2)11-27-21(17)20)9-24-19-8-18(25-12-26-19)16-5-4-15(3)23-10-16/h4-8,10,12-14H,9,11H2,1-3H3,(H,24,25,26). The van der Waals surface area contributed by atoms with Crippen molar-refractivity contribution in [3.63, 3.8) is 0 Å². The lowest BCUT2D eigenvalue weighted by atomic mass is 9.98. The summed E-state index contributed by atoms with van der Waals surface area (Å²) >= 11 is 0. The zero-order valence-corrected chi connectivity index (χ0v) is 15.8. The van der Waals surface area contributed by atoms with Crippen LogP contribution in [-0.4, -0.2) is 33.1 Å². The molecule has 0 aliphatic carbocycles. The number of hydrogen-bond acceptors (Lipinski definition) is 6. The smallest absolute Gasteiger partial charge is 0.144 e. The van der Waals surface area contributed by atoms with Gasteiger partial charge in [-0.2, -0.15) is 0 Å². The second-order valence-electron chi connectivity index (χ2n) is 7.09. The van der Waals surface area contributed by atoms with E-state index in [9.17, 15) is 0 Å². The lowest BCUT2D eigenvalue weighted by Gasteiger charge is -2.16. The van der Waals surface area contributed by atoms with E-state index >= 15 is 0 Å². The summed E-state index contributed by atoms with van der Waals surface area (Å²) in [5.41, 5.74) is 5.08. The van der Waals surface area contributed by atoms with Crippen molar-refractivity contribution in [1.29, 1.82) is 0 Å². The number of aryl methyl sites for hydroxylation is 1. The number of aromatic nitrogens is 4. The number of fused-ring (bicyclic) bond motifs is 1. The minimum atomic E-state index is 0.270. The first kappa shape index (κ1) is 17.4. The third-order valence-corrected chi connectivity index (χ3v) is 4.90. The van der Waals surface area contributed by atoms with E-state index in [1.165, 1.54) is 5.56 Å². The molecular formula is C21H23N5O. The molecular weight excluding hydrogens is 338 g/mol. The van der Waals surface area contributed by atoms with Crippen LogP contribution in [0.3, 0.4) is 0 Å². The van der Waals surface area contributed by atoms with Gasteiger partial charge in [0.1, 0.15) is 17.9 Å². The minimum Gasteiger partial charge on any atom is -0.491 e. The van der Waals surface area contributed by atoms with Gasteiger partial charge in [-0.1, -0.05) is 13.8 Å². The van der Waals surface area contributed by atoms with Gasteiger partial charge in [-0.25, -0.2) is 9.97 Å². The number of nitrogens with zero attached hydrogens (tertiary/aromatic N) is 4. The Kier molecular flexibility index (Phi) is 4.71. The van der Waals surface area contributed by atoms with Gasteiger partial charge in [0.05, 0.1) is 18.0 Å². The summed E-state index contributed by atoms with van der Waals surface area (Å²) < 4.78 is 5.88. The third-order valence-electron chi connectivity index (χ3n) is 4.90. The first-order valence-corrected chi connectivity index (χ1v) is 9.22. The van der Waals surface area contributed by atoms with E-state index in [0.717, 1.165) is 40.8 Å². The van der Waals surface area contributed by atoms with E-state index in [4.69, 9.17) is 4.74 Å². The number of ether oxygens (including phenoxy) is 1. The van der Waals surface area contributed by atoms with E-state index in [1.54, 1.807) is 6.33 Å². The fourth-order valence-corrected chi connectivity index (χ4v) is 3.26. The van der Waals surface area contributed by atoms with E-state index in [-0.39, 0.29) is 5.92 Å². The number of hydrogen-bond donors (Lipinski definition) is 1. The van der Waals surface area contributed by atoms with Crippen molar-refractivity contribution >= 4 is 5.82 Å². The number of anilines is 1. The van der Waals surface area contributed by atoms with Gasteiger partial charge in [-0.15, -0.1) is 0 Å². The van der Waals surface area contributed by atoms with E-state index in [1.807, 2.05) is 43.6 Å². The van der Waals surface area contributed by atoms with Crippen molar-refractivity contribution in [2.75, 3.05) is 18.5 Å². The average molecular weight is 361 g/mol. The van der Waals surface area contributed by atoms with Crippen molar-refractivity contribution < 1.29 is 4.74 Å². The molecule has 0 amide bonds. The SMILES string of the molecule is Cc1ccc(-c2cc(NCC(C)c3ccnc4c3OCC4C)ncn2)cn1. The minimum absolute atomic E-state index is 0.270. The van der Waals surface area contributed by atoms with Crippen LogP contribution in [-0.2, 0) is 0 Å². The van der Waals surface area contributed by atoms with Crippen LogP contribution in [0.4, 0.5) is 5.82 Å². The topological polar surface area (TPSA) is 72.8 Å². The molecule has 3 aromatic heterocycles. The molecule has 1 aliphatic rings. The second-order valence-corrected chi connectivity index (χ2v) is 7.09. The molecule has 3 aromatic rings. The highest BCUT2D eigenvalue weighted by Gasteiger charge is 2.26. The lowest BCUT2D eigenvalue weighted by molar-refractivity contribution is 0.333. The van der Waals surface area contributed by atoms with Crippen LogP contribution in [0.5, 0.6) is 5.75 Å². The molecule has 4 rings (SSSR count). The molecule has 0 radical (unpaired) electrons. The molecule has 2 unspecified atom stereocenters. The van der Waals surface area contributed by atoms with Gasteiger partial charge in [0, 0.05) is 53.7 Å². The van der Waals surface area contributed by atoms with Crippen LogP contribution in [0.2, 0.25) is 0 Å². The van der Waals surface area contributed by atoms with Crippen molar-refractivity contribution in [3.8, 4) is 17.0 Å². The van der Waals surface area contributed by atoms with Crippen molar-refractivity contribution in [2.24, 2.45) is 0 Å². The summed E-state index contributed by atoms with van der Waals surface area (Å²) in [5, 5.41) is 3.42. The van der Waals surface area contributed by atoms with Gasteiger partial charge < -0.3 is 10.1 Å². The molecule has 138 valence electrons. The monoisotopic (exact) mass is 361 g/mol. The highest BCUT2D eigenvalue weighted by Crippen LogP contribution is 2.38. The summed E-state index contributed by atoms with van der Waals surface area (Å²) in [5.74, 6) is 2.37. The lowest BCUT2D eigenvalue weighted by Crippen LogP contribution is -2.12. The molecule has 27 heavy (non-hydrogen) atoms. The molecule has 0 saturated carbocycles. The van der Waals surface area contributed by atoms with Crippen LogP contribution in [0.15, 0.2) is 43.0 Å². The molecule has 1 aliphatic heterocycles. The summed E-state index contributed by atoms with van der Waals surface area (Å²) in [4.78, 5) is 17.5. The normalized spacial score (nSPS) is 16.5. The summed E-state index contributed by atoms with van der Waals surface area (Å²) in [7, 11) is 0. The van der Waals surface area contributed by atoms with Crippen molar-refractivity contribution in [3.05, 3.63) is 59.9 Å². The Bertz CT molecular complexity index is 942. The highest BCUT2D eigenvalue weighted by molar-refractivity contribution is 5.61. The summed E-state index contributed by atoms with van der Waals surface area (Å²) in [6, 6.07) is 8.01. The molecule has 2 atom stereocenters. The first-order chi connectivity index (χ1) is 13.1. The van der Waals surface area contributed by atoms with Gasteiger partial charge in [-0.05, 0) is 25.1 Å². The Hall–Kier alpha value is -3.02. The Labute approximate surface area is 159 Å². The molecule has 1 N–H and O–H groups in total. The van der Waals surface area contributed by atoms with E-state index < -0.39 is 0 Å².